The Morgan fingerprint density at radius 1 is 1.50 bits per heavy atom. The van der Waals surface area contributed by atoms with E-state index < -0.39 is 11.4 Å². The zero-order valence-corrected chi connectivity index (χ0v) is 10.8. The Kier molecular flexibility index (Phi) is 5.26. The van der Waals surface area contributed by atoms with Crippen LogP contribution in [0.15, 0.2) is 18.2 Å². The van der Waals surface area contributed by atoms with Gasteiger partial charge in [-0.25, -0.2) is 4.39 Å². The minimum Gasteiger partial charge on any atom is -0.389 e. The molecule has 4 heteroatoms. The quantitative estimate of drug-likeness (QED) is 0.814. The number of hydrogen-bond acceptors (Lipinski definition) is 3. The van der Waals surface area contributed by atoms with Gasteiger partial charge in [0.15, 0.2) is 0 Å². The number of nitrogens with zero attached hydrogens (tertiary/aromatic N) is 1. The van der Waals surface area contributed by atoms with E-state index >= 15 is 0 Å². The molecule has 2 N–H and O–H groups in total. The molecular weight excluding hydrogens is 231 g/mol. The Hall–Kier alpha value is -1.44. The Bertz CT molecular complexity index is 438. The molecule has 1 atom stereocenters. The molecule has 0 aliphatic rings. The highest BCUT2D eigenvalue weighted by Crippen LogP contribution is 2.12. The summed E-state index contributed by atoms with van der Waals surface area (Å²) in [6.45, 7) is 4.53. The van der Waals surface area contributed by atoms with Gasteiger partial charge in [0.1, 0.15) is 5.82 Å². The van der Waals surface area contributed by atoms with E-state index in [1.165, 1.54) is 6.07 Å². The Morgan fingerprint density at radius 3 is 2.78 bits per heavy atom. The maximum Gasteiger partial charge on any atom is 0.129 e. The number of halogens is 1. The molecule has 0 radical (unpaired) electrons. The molecule has 18 heavy (non-hydrogen) atoms. The largest absolute Gasteiger partial charge is 0.389 e. The van der Waals surface area contributed by atoms with E-state index in [1.807, 2.05) is 13.0 Å². The molecule has 0 saturated carbocycles. The average molecular weight is 250 g/mol. The molecule has 0 aliphatic carbocycles. The summed E-state index contributed by atoms with van der Waals surface area (Å²) in [7, 11) is 0. The molecule has 0 spiro atoms. The topological polar surface area (TPSA) is 56.0 Å². The molecule has 98 valence electrons. The first-order valence-electron chi connectivity index (χ1n) is 6.10. The number of nitriles is 1. The van der Waals surface area contributed by atoms with Crippen molar-refractivity contribution < 1.29 is 9.50 Å². The van der Waals surface area contributed by atoms with Gasteiger partial charge in [-0.2, -0.15) is 5.26 Å². The maximum absolute atomic E-state index is 13.6. The van der Waals surface area contributed by atoms with E-state index in [4.69, 9.17) is 5.26 Å². The number of aliphatic hydroxyl groups is 1. The number of benzene rings is 1. The molecule has 3 nitrogen and oxygen atoms in total. The van der Waals surface area contributed by atoms with Crippen LogP contribution in [-0.2, 0) is 6.54 Å². The third-order valence-corrected chi connectivity index (χ3v) is 2.79. The molecule has 0 aliphatic heterocycles. The SMILES string of the molecule is CCCC(C)(O)CNCc1ccc(C#N)cc1F. The number of hydrogen-bond donors (Lipinski definition) is 2. The number of nitrogens with one attached hydrogen (secondary N) is 1. The maximum atomic E-state index is 13.6. The van der Waals surface area contributed by atoms with Crippen LogP contribution in [0.3, 0.4) is 0 Å². The Morgan fingerprint density at radius 2 is 2.22 bits per heavy atom. The third-order valence-electron chi connectivity index (χ3n) is 2.79. The molecular formula is C14H19FN2O. The summed E-state index contributed by atoms with van der Waals surface area (Å²) in [5.41, 5.74) is 0.0493. The first-order chi connectivity index (χ1) is 8.48. The smallest absolute Gasteiger partial charge is 0.129 e. The number of rotatable bonds is 6. The predicted molar refractivity (Wildman–Crippen MR) is 68.4 cm³/mol. The van der Waals surface area contributed by atoms with Crippen molar-refractivity contribution in [2.24, 2.45) is 0 Å². The minimum atomic E-state index is -0.766. The van der Waals surface area contributed by atoms with Crippen LogP contribution < -0.4 is 5.32 Å². The summed E-state index contributed by atoms with van der Waals surface area (Å²) >= 11 is 0. The van der Waals surface area contributed by atoms with Crippen molar-refractivity contribution in [1.29, 1.82) is 5.26 Å². The summed E-state index contributed by atoms with van der Waals surface area (Å²) in [5, 5.41) is 21.6. The van der Waals surface area contributed by atoms with E-state index in [0.717, 1.165) is 6.42 Å². The first-order valence-corrected chi connectivity index (χ1v) is 6.10. The van der Waals surface area contributed by atoms with Crippen molar-refractivity contribution in [3.8, 4) is 6.07 Å². The fourth-order valence-electron chi connectivity index (χ4n) is 1.85. The lowest BCUT2D eigenvalue weighted by molar-refractivity contribution is 0.0497. The van der Waals surface area contributed by atoms with Gasteiger partial charge < -0.3 is 10.4 Å². The van der Waals surface area contributed by atoms with E-state index in [0.29, 0.717) is 30.6 Å². The van der Waals surface area contributed by atoms with Crippen molar-refractivity contribution in [2.75, 3.05) is 6.54 Å². The summed E-state index contributed by atoms with van der Waals surface area (Å²) in [5.74, 6) is -0.392. The third kappa shape index (κ3) is 4.44. The fraction of sp³-hybridized carbons (Fsp3) is 0.500. The molecule has 0 amide bonds. The normalized spacial score (nSPS) is 13.9. The monoisotopic (exact) mass is 250 g/mol. The molecule has 0 aromatic heterocycles. The highest BCUT2D eigenvalue weighted by atomic mass is 19.1. The van der Waals surface area contributed by atoms with Crippen LogP contribution in [0.2, 0.25) is 0 Å². The lowest BCUT2D eigenvalue weighted by atomic mass is 10.0. The van der Waals surface area contributed by atoms with E-state index in [-0.39, 0.29) is 0 Å². The first kappa shape index (κ1) is 14.6. The second-order valence-corrected chi connectivity index (χ2v) is 4.77. The van der Waals surface area contributed by atoms with Crippen LogP contribution in [0.5, 0.6) is 0 Å². The van der Waals surface area contributed by atoms with E-state index in [1.54, 1.807) is 19.1 Å². The zero-order chi connectivity index (χ0) is 13.6. The van der Waals surface area contributed by atoms with Gasteiger partial charge in [-0.05, 0) is 25.5 Å². The van der Waals surface area contributed by atoms with Crippen LogP contribution in [0.1, 0.15) is 37.8 Å². The van der Waals surface area contributed by atoms with Gasteiger partial charge in [0.2, 0.25) is 0 Å². The highest BCUT2D eigenvalue weighted by Gasteiger charge is 2.18. The second-order valence-electron chi connectivity index (χ2n) is 4.77. The van der Waals surface area contributed by atoms with Gasteiger partial charge in [-0.15, -0.1) is 0 Å². The summed E-state index contributed by atoms with van der Waals surface area (Å²) < 4.78 is 13.6. The molecule has 0 bridgehead atoms. The van der Waals surface area contributed by atoms with E-state index in [2.05, 4.69) is 5.32 Å². The van der Waals surface area contributed by atoms with Crippen LogP contribution in [0, 0.1) is 17.1 Å². The molecule has 1 unspecified atom stereocenters. The molecule has 1 aromatic carbocycles. The standard InChI is InChI=1S/C14H19FN2O/c1-3-6-14(2,18)10-17-9-12-5-4-11(8-16)7-13(12)15/h4-5,7,17-18H,3,6,9-10H2,1-2H3. The highest BCUT2D eigenvalue weighted by molar-refractivity contribution is 5.32. The summed E-state index contributed by atoms with van der Waals surface area (Å²) in [4.78, 5) is 0. The summed E-state index contributed by atoms with van der Waals surface area (Å²) in [6.07, 6.45) is 1.61. The Balaban J connectivity index is 2.52. The molecule has 1 aromatic rings. The molecule has 0 saturated heterocycles. The van der Waals surface area contributed by atoms with Gasteiger partial charge in [0.25, 0.3) is 0 Å². The van der Waals surface area contributed by atoms with Crippen LogP contribution in [0.4, 0.5) is 4.39 Å². The van der Waals surface area contributed by atoms with Gasteiger partial charge >= 0.3 is 0 Å². The predicted octanol–water partition coefficient (Wildman–Crippen LogP) is 2.34. The van der Waals surface area contributed by atoms with Crippen molar-refractivity contribution >= 4 is 0 Å². The molecule has 1 rings (SSSR count). The Labute approximate surface area is 107 Å². The minimum absolute atomic E-state index is 0.314. The van der Waals surface area contributed by atoms with E-state index in [9.17, 15) is 9.50 Å². The van der Waals surface area contributed by atoms with Crippen molar-refractivity contribution in [2.45, 2.75) is 38.8 Å². The van der Waals surface area contributed by atoms with Crippen LogP contribution in [0.25, 0.3) is 0 Å². The lowest BCUT2D eigenvalue weighted by Crippen LogP contribution is -2.37. The van der Waals surface area contributed by atoms with Crippen LogP contribution in [-0.4, -0.2) is 17.3 Å². The van der Waals surface area contributed by atoms with Crippen molar-refractivity contribution in [3.05, 3.63) is 35.1 Å². The van der Waals surface area contributed by atoms with Crippen molar-refractivity contribution in [3.63, 3.8) is 0 Å². The van der Waals surface area contributed by atoms with Crippen molar-refractivity contribution in [1.82, 2.24) is 5.32 Å². The fourth-order valence-corrected chi connectivity index (χ4v) is 1.85. The second kappa shape index (κ2) is 6.48. The van der Waals surface area contributed by atoms with Gasteiger partial charge in [0.05, 0.1) is 17.2 Å². The van der Waals surface area contributed by atoms with Crippen LogP contribution >= 0.6 is 0 Å². The average Bonchev–Trinajstić information content (AvgIpc) is 2.31. The van der Waals surface area contributed by atoms with Gasteiger partial charge in [0, 0.05) is 18.7 Å². The molecule has 0 fully saturated rings. The lowest BCUT2D eigenvalue weighted by Gasteiger charge is -2.23. The van der Waals surface area contributed by atoms with Gasteiger partial charge in [-0.1, -0.05) is 19.4 Å². The van der Waals surface area contributed by atoms with Gasteiger partial charge in [-0.3, -0.25) is 0 Å². The molecule has 0 heterocycles. The summed E-state index contributed by atoms with van der Waals surface area (Å²) in [6, 6.07) is 6.30. The zero-order valence-electron chi connectivity index (χ0n) is 10.8.